The van der Waals surface area contributed by atoms with Crippen molar-refractivity contribution in [2.75, 3.05) is 14.2 Å². The lowest BCUT2D eigenvalue weighted by molar-refractivity contribution is -0.145. The van der Waals surface area contributed by atoms with Crippen molar-refractivity contribution in [2.24, 2.45) is 0 Å². The number of amides is 4. The van der Waals surface area contributed by atoms with E-state index in [4.69, 9.17) is 24.1 Å². The van der Waals surface area contributed by atoms with Gasteiger partial charge in [0.25, 0.3) is 23.6 Å². The van der Waals surface area contributed by atoms with Crippen LogP contribution < -0.4 is 9.47 Å². The van der Waals surface area contributed by atoms with Crippen LogP contribution >= 0.6 is 31.9 Å². The number of H-pyrrole nitrogens is 3. The lowest BCUT2D eigenvalue weighted by Crippen LogP contribution is -2.31. The highest BCUT2D eigenvalue weighted by Crippen LogP contribution is 2.48. The van der Waals surface area contributed by atoms with Gasteiger partial charge in [0.15, 0.2) is 0 Å². The Balaban J connectivity index is 0.000000154. The smallest absolute Gasteiger partial charge is 0.303 e. The number of aromatic nitrogens is 4. The van der Waals surface area contributed by atoms with Crippen molar-refractivity contribution in [1.82, 2.24) is 29.3 Å². The number of esters is 2. The van der Waals surface area contributed by atoms with Gasteiger partial charge in [-0.15, -0.1) is 0 Å². The molecule has 2 aliphatic carbocycles. The maximum atomic E-state index is 14.5. The van der Waals surface area contributed by atoms with E-state index >= 15 is 0 Å². The molecule has 2 aliphatic heterocycles. The Hall–Kier alpha value is -9.82. The van der Waals surface area contributed by atoms with Crippen LogP contribution in [0.5, 0.6) is 11.5 Å². The average molecular weight is 1350 g/mol. The minimum Gasteiger partial charge on any atom is -0.497 e. The Labute approximate surface area is 539 Å². The van der Waals surface area contributed by atoms with Crippen LogP contribution in [0.25, 0.3) is 65.9 Å². The van der Waals surface area contributed by atoms with Gasteiger partial charge >= 0.3 is 11.9 Å². The number of rotatable bonds is 13. The minimum absolute atomic E-state index is 0.0513. The van der Waals surface area contributed by atoms with Gasteiger partial charge in [0, 0.05) is 86.6 Å². The summed E-state index contributed by atoms with van der Waals surface area (Å²) in [6.45, 7) is 3.09. The first kappa shape index (κ1) is 61.4. The number of nitrogens with zero attached hydrogens (tertiary/aromatic N) is 3. The van der Waals surface area contributed by atoms with Gasteiger partial charge < -0.3 is 43.6 Å². The maximum Gasteiger partial charge on any atom is 0.303 e. The summed E-state index contributed by atoms with van der Waals surface area (Å²) in [4.78, 5) is 91.3. The van der Waals surface area contributed by atoms with Gasteiger partial charge in [-0.1, -0.05) is 109 Å². The molecule has 4 aromatic heterocycles. The third-order valence-electron chi connectivity index (χ3n) is 16.6. The molecule has 0 fully saturated rings. The number of ether oxygens (including phenoxy) is 4. The monoisotopic (exact) mass is 1340 g/mol. The Kier molecular flexibility index (Phi) is 17.8. The predicted molar refractivity (Wildman–Crippen MR) is 356 cm³/mol. The normalized spacial score (nSPS) is 18.1. The number of hydrogen-bond acceptors (Lipinski definition) is 11. The van der Waals surface area contributed by atoms with Crippen LogP contribution in [0.4, 0.5) is 0 Å². The maximum absolute atomic E-state index is 14.5. The highest BCUT2D eigenvalue weighted by molar-refractivity contribution is 9.10. The number of benzene rings is 6. The van der Waals surface area contributed by atoms with Crippen LogP contribution in [-0.2, 0) is 51.3 Å². The summed E-state index contributed by atoms with van der Waals surface area (Å²) < 4.78 is 24.4. The Morgan fingerprint density at radius 1 is 0.505 bits per heavy atom. The standard InChI is InChI=1S/C36H30BrN3O5.C28H20BrN3O3.C8H12O3/c1-21(41)45-25-17-13-23(14-18-25)40-30-10-6-4-8-27(30)31(34(40)37)33-32(28-19-38-29-9-5-3-7-26(28)29)35(42)39(36(33)43)20-22-11-15-24(44-2)16-12-22;1-35-17-12-10-16(11-13-17)15-32-27(33)24(20-14-30-21-8-4-2-6-18(20)21)25(28(32)34)23-19-7-3-5-9-22(19)31-26(23)29;1-6(9)11-8-4-2-7(10)3-5-8/h3-13,15-17,19,23,25,38H,14,18,20H2,1-2H3;2-14,30-31H,15H2,1H3;2,4,7-8,10H,3,5H2,1H3/t23?,25-;;7-,8+/m0.1/s1. The van der Waals surface area contributed by atoms with E-state index in [1.165, 1.54) is 23.6 Å². The zero-order valence-electron chi connectivity index (χ0n) is 50.0. The molecule has 1 unspecified atom stereocenters. The molecule has 0 spiro atoms. The lowest BCUT2D eigenvalue weighted by Gasteiger charge is -2.25. The van der Waals surface area contributed by atoms with Crippen molar-refractivity contribution in [3.05, 3.63) is 225 Å². The van der Waals surface area contributed by atoms with E-state index in [-0.39, 0.29) is 73.0 Å². The number of hydrogen-bond donors (Lipinski definition) is 4. The minimum atomic E-state index is -0.359. The largest absolute Gasteiger partial charge is 0.497 e. The lowest BCUT2D eigenvalue weighted by atomic mass is 9.95. The number of aromatic amines is 3. The molecule has 6 aromatic carbocycles. The van der Waals surface area contributed by atoms with Crippen molar-refractivity contribution >= 4 is 133 Å². The molecular formula is C72H62Br2N6O11. The molecule has 4 atom stereocenters. The fourth-order valence-electron chi connectivity index (χ4n) is 12.3. The molecule has 4 N–H and O–H groups in total. The number of aliphatic hydroxyl groups is 1. The van der Waals surface area contributed by atoms with E-state index in [9.17, 15) is 28.8 Å². The average Bonchev–Trinajstić information content (AvgIpc) is 1.58. The third kappa shape index (κ3) is 12.2. The number of nitrogens with one attached hydrogen (secondary N) is 3. The fourth-order valence-corrected chi connectivity index (χ4v) is 13.8. The molecule has 19 heteroatoms. The third-order valence-corrected chi connectivity index (χ3v) is 18.0. The molecule has 91 heavy (non-hydrogen) atoms. The van der Waals surface area contributed by atoms with Crippen LogP contribution in [0, 0.1) is 0 Å². The number of methoxy groups -OCH3 is 2. The van der Waals surface area contributed by atoms with Gasteiger partial charge in [0.1, 0.15) is 23.7 Å². The number of halogens is 2. The molecular weight excluding hydrogens is 1280 g/mol. The molecule has 0 radical (unpaired) electrons. The number of allylic oxidation sites excluding steroid dienone is 1. The van der Waals surface area contributed by atoms with Gasteiger partial charge in [0.2, 0.25) is 0 Å². The van der Waals surface area contributed by atoms with Crippen LogP contribution in [0.15, 0.2) is 191 Å². The first-order valence-electron chi connectivity index (χ1n) is 29.6. The zero-order chi connectivity index (χ0) is 63.6. The van der Waals surface area contributed by atoms with Crippen LogP contribution in [0.3, 0.4) is 0 Å². The Bertz CT molecular complexity index is 4640. The van der Waals surface area contributed by atoms with Gasteiger partial charge in [-0.25, -0.2) is 0 Å². The molecule has 10 aromatic rings. The van der Waals surface area contributed by atoms with Gasteiger partial charge in [-0.2, -0.15) is 0 Å². The zero-order valence-corrected chi connectivity index (χ0v) is 53.2. The SMILES string of the molecule is CC(=O)O[C@H]1C=C[C@@H](O)CC1.COc1ccc(CN2C(=O)C(c3c[nH]c4ccccc34)=C(c3c(Br)[nH]c4ccccc34)C2=O)cc1.COc1ccc(CN2C(=O)C(c3c[nH]c4ccccc34)=C(c3c(Br)n(C4C=C[C@H](OC(C)=O)CC4)c4ccccc34)C2=O)cc1. The first-order chi connectivity index (χ1) is 44.1. The van der Waals surface area contributed by atoms with Crippen LogP contribution in [0.2, 0.25) is 0 Å². The number of fused-ring (bicyclic) bond motifs is 4. The number of imide groups is 2. The summed E-state index contributed by atoms with van der Waals surface area (Å²) in [5, 5.41) is 12.5. The summed E-state index contributed by atoms with van der Waals surface area (Å²) in [6.07, 6.45) is 13.0. The first-order valence-corrected chi connectivity index (χ1v) is 31.2. The summed E-state index contributed by atoms with van der Waals surface area (Å²) >= 11 is 7.51. The van der Waals surface area contributed by atoms with Gasteiger partial charge in [-0.3, -0.25) is 38.6 Å². The van der Waals surface area contributed by atoms with E-state index < -0.39 is 0 Å². The summed E-state index contributed by atoms with van der Waals surface area (Å²) in [7, 11) is 3.20. The molecule has 4 amide bonds. The van der Waals surface area contributed by atoms with Crippen molar-refractivity contribution in [3.8, 4) is 11.5 Å². The quantitative estimate of drug-likeness (QED) is 0.0483. The van der Waals surface area contributed by atoms with Crippen molar-refractivity contribution in [3.63, 3.8) is 0 Å². The predicted octanol–water partition coefficient (Wildman–Crippen LogP) is 13.7. The number of aliphatic hydroxyl groups excluding tert-OH is 1. The summed E-state index contributed by atoms with van der Waals surface area (Å²) in [5.74, 6) is -0.499. The summed E-state index contributed by atoms with van der Waals surface area (Å²) in [6, 6.07) is 45.9. The summed E-state index contributed by atoms with van der Waals surface area (Å²) in [5.41, 5.74) is 9.52. The highest BCUT2D eigenvalue weighted by Gasteiger charge is 2.44. The second-order valence-corrected chi connectivity index (χ2v) is 23.9. The molecule has 460 valence electrons. The van der Waals surface area contributed by atoms with Crippen LogP contribution in [-0.4, -0.2) is 103 Å². The van der Waals surface area contributed by atoms with E-state index in [0.717, 1.165) is 67.6 Å². The molecule has 17 nitrogen and oxygen atoms in total. The molecule has 0 bridgehead atoms. The van der Waals surface area contributed by atoms with Crippen molar-refractivity contribution in [2.45, 2.75) is 77.0 Å². The second-order valence-electron chi connectivity index (χ2n) is 22.4. The second kappa shape index (κ2) is 26.3. The van der Waals surface area contributed by atoms with E-state index in [1.807, 2.05) is 170 Å². The fraction of sp³-hybridized carbons (Fsp3) is 0.194. The molecule has 6 heterocycles. The van der Waals surface area contributed by atoms with E-state index in [0.29, 0.717) is 78.1 Å². The molecule has 14 rings (SSSR count). The molecule has 4 aliphatic rings. The molecule has 0 saturated carbocycles. The number of carbonyl (C=O) groups is 6. The molecule has 0 saturated heterocycles. The Morgan fingerprint density at radius 2 is 0.945 bits per heavy atom. The van der Waals surface area contributed by atoms with Crippen molar-refractivity contribution < 1.29 is 52.8 Å². The van der Waals surface area contributed by atoms with E-state index in [2.05, 4.69) is 51.4 Å². The Morgan fingerprint density at radius 3 is 1.42 bits per heavy atom. The number of para-hydroxylation sites is 4. The highest BCUT2D eigenvalue weighted by atomic mass is 79.9. The topological polar surface area (TPSA) is 218 Å². The van der Waals surface area contributed by atoms with E-state index in [1.54, 1.807) is 26.4 Å². The van der Waals surface area contributed by atoms with Gasteiger partial charge in [-0.05, 0) is 129 Å². The van der Waals surface area contributed by atoms with Crippen LogP contribution in [0.1, 0.15) is 79.0 Å². The van der Waals surface area contributed by atoms with Crippen molar-refractivity contribution in [1.29, 1.82) is 0 Å². The number of carbonyl (C=O) groups excluding carboxylic acids is 6. The van der Waals surface area contributed by atoms with Gasteiger partial charge in [0.05, 0.1) is 76.5 Å².